The molecule has 0 aliphatic rings. The van der Waals surface area contributed by atoms with Gasteiger partial charge in [0.25, 0.3) is 0 Å². The van der Waals surface area contributed by atoms with Gasteiger partial charge in [-0.3, -0.25) is 4.98 Å². The first kappa shape index (κ1) is 13.8. The quantitative estimate of drug-likeness (QED) is 0.785. The van der Waals surface area contributed by atoms with Crippen LogP contribution in [0.1, 0.15) is 11.1 Å². The number of nitrogens with zero attached hydrogens (tertiary/aromatic N) is 1. The van der Waals surface area contributed by atoms with Crippen molar-refractivity contribution in [2.75, 3.05) is 7.11 Å². The molecule has 3 nitrogen and oxygen atoms in total. The summed E-state index contributed by atoms with van der Waals surface area (Å²) in [5, 5.41) is 0.654. The Morgan fingerprint density at radius 2 is 2.16 bits per heavy atom. The lowest BCUT2D eigenvalue weighted by Gasteiger charge is -2.13. The molecule has 0 aliphatic carbocycles. The predicted octanol–water partition coefficient (Wildman–Crippen LogP) is 3.70. The second kappa shape index (κ2) is 6.52. The Bertz CT molecular complexity index is 541. The molecule has 1 aromatic carbocycles. The van der Waals surface area contributed by atoms with Crippen LogP contribution in [0, 0.1) is 5.82 Å². The Balaban J connectivity index is 2.19. The van der Waals surface area contributed by atoms with Crippen LogP contribution in [0.2, 0.25) is 0 Å². The van der Waals surface area contributed by atoms with E-state index < -0.39 is 0 Å². The molecule has 0 amide bonds. The van der Waals surface area contributed by atoms with E-state index in [2.05, 4.69) is 20.9 Å². The maximum Gasteiger partial charge on any atom is 0.165 e. The molecular formula is C14H13BrFNO2. The lowest BCUT2D eigenvalue weighted by molar-refractivity contribution is 0.281. The van der Waals surface area contributed by atoms with E-state index in [0.29, 0.717) is 22.4 Å². The molecule has 0 atom stereocenters. The minimum absolute atomic E-state index is 0.241. The van der Waals surface area contributed by atoms with E-state index >= 15 is 0 Å². The molecule has 0 spiro atoms. The van der Waals surface area contributed by atoms with Crippen molar-refractivity contribution < 1.29 is 13.9 Å². The highest BCUT2D eigenvalue weighted by Crippen LogP contribution is 2.33. The van der Waals surface area contributed by atoms with Crippen molar-refractivity contribution in [2.45, 2.75) is 11.9 Å². The number of aromatic nitrogens is 1. The standard InChI is InChI=1S/C14H13BrFNO2/c1-18-13-4-2-3-11(6-15)14(13)19-9-10-5-12(16)8-17-7-10/h2-5,7-8H,6,9H2,1H3. The van der Waals surface area contributed by atoms with Crippen LogP contribution >= 0.6 is 15.9 Å². The lowest BCUT2D eigenvalue weighted by Crippen LogP contribution is -2.01. The molecule has 19 heavy (non-hydrogen) atoms. The van der Waals surface area contributed by atoms with Crippen LogP contribution in [0.25, 0.3) is 0 Å². The predicted molar refractivity (Wildman–Crippen MR) is 74.2 cm³/mol. The van der Waals surface area contributed by atoms with Crippen LogP contribution in [0.5, 0.6) is 11.5 Å². The van der Waals surface area contributed by atoms with Crippen LogP contribution < -0.4 is 9.47 Å². The van der Waals surface area contributed by atoms with Crippen molar-refractivity contribution in [1.29, 1.82) is 0 Å². The molecule has 0 saturated heterocycles. The van der Waals surface area contributed by atoms with Gasteiger partial charge in [-0.25, -0.2) is 4.39 Å². The number of para-hydroxylation sites is 1. The van der Waals surface area contributed by atoms with Gasteiger partial charge in [-0.1, -0.05) is 28.1 Å². The summed E-state index contributed by atoms with van der Waals surface area (Å²) < 4.78 is 24.0. The number of alkyl halides is 1. The zero-order valence-electron chi connectivity index (χ0n) is 10.4. The number of methoxy groups -OCH3 is 1. The Morgan fingerprint density at radius 1 is 1.32 bits per heavy atom. The highest BCUT2D eigenvalue weighted by Gasteiger charge is 2.10. The highest BCUT2D eigenvalue weighted by molar-refractivity contribution is 9.08. The summed E-state index contributed by atoms with van der Waals surface area (Å²) in [6.07, 6.45) is 2.74. The number of rotatable bonds is 5. The van der Waals surface area contributed by atoms with Gasteiger partial charge in [-0.05, 0) is 12.1 Å². The topological polar surface area (TPSA) is 31.4 Å². The molecule has 0 fully saturated rings. The smallest absolute Gasteiger partial charge is 0.165 e. The molecule has 0 bridgehead atoms. The molecule has 0 N–H and O–H groups in total. The third kappa shape index (κ3) is 3.44. The fourth-order valence-electron chi connectivity index (χ4n) is 1.68. The first-order chi connectivity index (χ1) is 9.24. The Morgan fingerprint density at radius 3 is 2.84 bits per heavy atom. The summed E-state index contributed by atoms with van der Waals surface area (Å²) in [6, 6.07) is 7.06. The van der Waals surface area contributed by atoms with Crippen LogP contribution in [-0.4, -0.2) is 12.1 Å². The molecule has 0 unspecified atom stereocenters. The molecule has 2 rings (SSSR count). The van der Waals surface area contributed by atoms with Crippen molar-refractivity contribution in [3.05, 3.63) is 53.6 Å². The van der Waals surface area contributed by atoms with Crippen LogP contribution in [0.15, 0.2) is 36.7 Å². The van der Waals surface area contributed by atoms with Gasteiger partial charge in [0.2, 0.25) is 0 Å². The van der Waals surface area contributed by atoms with Crippen molar-refractivity contribution in [2.24, 2.45) is 0 Å². The van der Waals surface area contributed by atoms with Crippen molar-refractivity contribution in [3.63, 3.8) is 0 Å². The van der Waals surface area contributed by atoms with E-state index in [1.54, 1.807) is 13.3 Å². The molecular weight excluding hydrogens is 313 g/mol. The number of hydrogen-bond donors (Lipinski definition) is 0. The fraction of sp³-hybridized carbons (Fsp3) is 0.214. The minimum atomic E-state index is -0.373. The van der Waals surface area contributed by atoms with Gasteiger partial charge in [0.05, 0.1) is 13.3 Å². The molecule has 0 saturated carbocycles. The highest BCUT2D eigenvalue weighted by atomic mass is 79.9. The first-order valence-corrected chi connectivity index (χ1v) is 6.81. The zero-order valence-corrected chi connectivity index (χ0v) is 12.0. The number of ether oxygens (including phenoxy) is 2. The largest absolute Gasteiger partial charge is 0.493 e. The normalized spacial score (nSPS) is 10.3. The summed E-state index contributed by atoms with van der Waals surface area (Å²) in [7, 11) is 1.59. The number of hydrogen-bond acceptors (Lipinski definition) is 3. The molecule has 100 valence electrons. The number of benzene rings is 1. The first-order valence-electron chi connectivity index (χ1n) is 5.68. The number of halogens is 2. The van der Waals surface area contributed by atoms with E-state index in [1.165, 1.54) is 6.07 Å². The van der Waals surface area contributed by atoms with Gasteiger partial charge in [0, 0.05) is 22.7 Å². The van der Waals surface area contributed by atoms with E-state index in [9.17, 15) is 4.39 Å². The molecule has 1 heterocycles. The Labute approximate surface area is 119 Å². The van der Waals surface area contributed by atoms with Gasteiger partial charge < -0.3 is 9.47 Å². The van der Waals surface area contributed by atoms with Gasteiger partial charge in [0.15, 0.2) is 11.5 Å². The van der Waals surface area contributed by atoms with Crippen LogP contribution in [0.4, 0.5) is 4.39 Å². The average Bonchev–Trinajstić information content (AvgIpc) is 2.44. The molecule has 0 aliphatic heterocycles. The summed E-state index contributed by atoms with van der Waals surface area (Å²) in [5.41, 5.74) is 1.65. The zero-order chi connectivity index (χ0) is 13.7. The van der Waals surface area contributed by atoms with Gasteiger partial charge in [0.1, 0.15) is 12.4 Å². The van der Waals surface area contributed by atoms with E-state index in [0.717, 1.165) is 11.8 Å². The monoisotopic (exact) mass is 325 g/mol. The lowest BCUT2D eigenvalue weighted by atomic mass is 10.2. The summed E-state index contributed by atoms with van der Waals surface area (Å²) in [4.78, 5) is 3.79. The average molecular weight is 326 g/mol. The Kier molecular flexibility index (Phi) is 4.74. The van der Waals surface area contributed by atoms with Crippen molar-refractivity contribution in [1.82, 2.24) is 4.98 Å². The van der Waals surface area contributed by atoms with Gasteiger partial charge >= 0.3 is 0 Å². The third-order valence-electron chi connectivity index (χ3n) is 2.57. The summed E-state index contributed by atoms with van der Waals surface area (Å²) >= 11 is 3.40. The van der Waals surface area contributed by atoms with E-state index in [1.807, 2.05) is 18.2 Å². The van der Waals surface area contributed by atoms with Gasteiger partial charge in [-0.15, -0.1) is 0 Å². The second-order valence-corrected chi connectivity index (χ2v) is 4.44. The minimum Gasteiger partial charge on any atom is -0.493 e. The molecule has 5 heteroatoms. The SMILES string of the molecule is COc1cccc(CBr)c1OCc1cncc(F)c1. The maximum atomic E-state index is 13.0. The fourth-order valence-corrected chi connectivity index (χ4v) is 2.12. The number of pyridine rings is 1. The van der Waals surface area contributed by atoms with Crippen molar-refractivity contribution in [3.8, 4) is 11.5 Å². The van der Waals surface area contributed by atoms with E-state index in [4.69, 9.17) is 9.47 Å². The Hall–Kier alpha value is -1.62. The van der Waals surface area contributed by atoms with Crippen LogP contribution in [0.3, 0.4) is 0 Å². The molecule has 1 aromatic heterocycles. The molecule has 0 radical (unpaired) electrons. The van der Waals surface area contributed by atoms with Crippen molar-refractivity contribution >= 4 is 15.9 Å². The van der Waals surface area contributed by atoms with Crippen LogP contribution in [-0.2, 0) is 11.9 Å². The second-order valence-electron chi connectivity index (χ2n) is 3.88. The van der Waals surface area contributed by atoms with Gasteiger partial charge in [-0.2, -0.15) is 0 Å². The van der Waals surface area contributed by atoms with E-state index in [-0.39, 0.29) is 12.4 Å². The summed E-state index contributed by atoms with van der Waals surface area (Å²) in [5.74, 6) is 0.939. The maximum absolute atomic E-state index is 13.0. The molecule has 2 aromatic rings. The third-order valence-corrected chi connectivity index (χ3v) is 3.17. The summed E-state index contributed by atoms with van der Waals surface area (Å²) in [6.45, 7) is 0.241.